The number of fused-ring (bicyclic) bond motifs is 4. The summed E-state index contributed by atoms with van der Waals surface area (Å²) >= 11 is 0. The van der Waals surface area contributed by atoms with Gasteiger partial charge in [0.25, 0.3) is 0 Å². The smallest absolute Gasteiger partial charge is 0.211 e. The molecule has 1 aromatic carbocycles. The minimum Gasteiger partial charge on any atom is -0.387 e. The number of aliphatic hydroxyl groups is 1. The van der Waals surface area contributed by atoms with Gasteiger partial charge in [-0.1, -0.05) is 18.2 Å². The monoisotopic (exact) mass is 295 g/mol. The van der Waals surface area contributed by atoms with E-state index < -0.39 is 6.10 Å². The van der Waals surface area contributed by atoms with Crippen LogP contribution in [0.5, 0.6) is 0 Å². The molecule has 0 amide bonds. The van der Waals surface area contributed by atoms with Crippen molar-refractivity contribution < 1.29 is 10.1 Å². The Morgan fingerprint density at radius 2 is 2.18 bits per heavy atom. The molecule has 0 saturated carbocycles. The van der Waals surface area contributed by atoms with Crippen LogP contribution in [-0.4, -0.2) is 29.1 Å². The van der Waals surface area contributed by atoms with E-state index in [1.807, 2.05) is 24.4 Å². The number of pyridine rings is 1. The van der Waals surface area contributed by atoms with Crippen molar-refractivity contribution in [3.8, 4) is 0 Å². The number of nitrogens with one attached hydrogen (secondary N) is 1. The van der Waals surface area contributed by atoms with E-state index in [4.69, 9.17) is 0 Å². The second kappa shape index (κ2) is 5.49. The highest BCUT2D eigenvalue weighted by Crippen LogP contribution is 2.41. The van der Waals surface area contributed by atoms with E-state index >= 15 is 0 Å². The minimum absolute atomic E-state index is 0.237. The first-order valence-electron chi connectivity index (χ1n) is 8.22. The molecule has 3 aliphatic rings. The third kappa shape index (κ3) is 2.16. The first-order valence-corrected chi connectivity index (χ1v) is 8.22. The lowest BCUT2D eigenvalue weighted by Gasteiger charge is -2.50. The Labute approximate surface area is 131 Å². The Balaban J connectivity index is 1.67. The molecule has 2 aromatic rings. The van der Waals surface area contributed by atoms with E-state index in [1.54, 1.807) is 0 Å². The van der Waals surface area contributed by atoms with Crippen LogP contribution in [0.25, 0.3) is 10.9 Å². The Morgan fingerprint density at radius 1 is 1.32 bits per heavy atom. The van der Waals surface area contributed by atoms with Crippen LogP contribution in [0.1, 0.15) is 24.5 Å². The molecule has 5 rings (SSSR count). The third-order valence-corrected chi connectivity index (χ3v) is 5.58. The number of para-hydroxylation sites is 1. The van der Waals surface area contributed by atoms with Crippen molar-refractivity contribution in [1.82, 2.24) is 4.90 Å². The zero-order chi connectivity index (χ0) is 15.1. The van der Waals surface area contributed by atoms with Gasteiger partial charge in [0.05, 0.1) is 11.5 Å². The van der Waals surface area contributed by atoms with Gasteiger partial charge in [0.15, 0.2) is 6.20 Å². The van der Waals surface area contributed by atoms with Gasteiger partial charge in [0, 0.05) is 30.3 Å². The topological polar surface area (TPSA) is 37.6 Å². The van der Waals surface area contributed by atoms with Gasteiger partial charge in [-0.2, -0.15) is 0 Å². The Morgan fingerprint density at radius 3 is 2.95 bits per heavy atom. The molecule has 0 spiro atoms. The molecule has 2 N–H and O–H groups in total. The molecule has 5 unspecified atom stereocenters. The quantitative estimate of drug-likeness (QED) is 0.884. The highest BCUT2D eigenvalue weighted by molar-refractivity contribution is 5.79. The number of aromatic amines is 1. The van der Waals surface area contributed by atoms with Gasteiger partial charge in [-0.3, -0.25) is 4.90 Å². The fourth-order valence-electron chi connectivity index (χ4n) is 4.34. The first kappa shape index (κ1) is 13.9. The predicted molar refractivity (Wildman–Crippen MR) is 87.2 cm³/mol. The summed E-state index contributed by atoms with van der Waals surface area (Å²) < 4.78 is 0. The molecular weight excluding hydrogens is 272 g/mol. The molecule has 0 aliphatic carbocycles. The zero-order valence-electron chi connectivity index (χ0n) is 12.8. The van der Waals surface area contributed by atoms with Crippen LogP contribution in [0.15, 0.2) is 49.2 Å². The fraction of sp³-hybridized carbons (Fsp3) is 0.421. The Kier molecular flexibility index (Phi) is 3.47. The molecule has 2 bridgehead atoms. The predicted octanol–water partition coefficient (Wildman–Crippen LogP) is 2.58. The van der Waals surface area contributed by atoms with Crippen molar-refractivity contribution in [3.63, 3.8) is 0 Å². The number of aliphatic hydroxyl groups excluding tert-OH is 1. The van der Waals surface area contributed by atoms with E-state index in [2.05, 4.69) is 34.7 Å². The summed E-state index contributed by atoms with van der Waals surface area (Å²) in [4.78, 5) is 5.72. The number of H-pyrrole nitrogens is 1. The molecule has 3 nitrogen and oxygen atoms in total. The average molecular weight is 295 g/mol. The largest absolute Gasteiger partial charge is 0.387 e. The van der Waals surface area contributed by atoms with E-state index in [1.165, 1.54) is 6.42 Å². The minimum atomic E-state index is -0.423. The van der Waals surface area contributed by atoms with E-state index in [0.717, 1.165) is 36.0 Å². The van der Waals surface area contributed by atoms with Crippen LogP contribution in [0, 0.1) is 11.8 Å². The van der Waals surface area contributed by atoms with Gasteiger partial charge in [-0.15, -0.1) is 6.58 Å². The fourth-order valence-corrected chi connectivity index (χ4v) is 4.34. The molecule has 5 atom stereocenters. The van der Waals surface area contributed by atoms with E-state index in [9.17, 15) is 5.11 Å². The van der Waals surface area contributed by atoms with Crippen LogP contribution in [0.2, 0.25) is 0 Å². The standard InChI is InChI=1S/C19H22N2O/c1-2-13-12-21-10-8-14(13)11-18(21)19(22)16-7-9-20-17-6-4-3-5-15(16)17/h2-7,9,13-14,18-19,22H,1,8,10-12H2/p+1. The summed E-state index contributed by atoms with van der Waals surface area (Å²) in [5.41, 5.74) is 2.13. The lowest BCUT2D eigenvalue weighted by Crippen LogP contribution is -2.54. The lowest BCUT2D eigenvalue weighted by atomic mass is 9.73. The number of nitrogens with zero attached hydrogens (tertiary/aromatic N) is 1. The molecule has 22 heavy (non-hydrogen) atoms. The molecule has 3 aliphatic heterocycles. The van der Waals surface area contributed by atoms with Gasteiger partial charge in [-0.05, 0) is 37.3 Å². The number of piperidine rings is 3. The van der Waals surface area contributed by atoms with Gasteiger partial charge in [0.2, 0.25) is 5.52 Å². The van der Waals surface area contributed by atoms with Gasteiger partial charge in [0.1, 0.15) is 0 Å². The van der Waals surface area contributed by atoms with Crippen LogP contribution >= 0.6 is 0 Å². The van der Waals surface area contributed by atoms with Gasteiger partial charge >= 0.3 is 0 Å². The van der Waals surface area contributed by atoms with Crippen molar-refractivity contribution in [1.29, 1.82) is 0 Å². The highest BCUT2D eigenvalue weighted by atomic mass is 16.3. The van der Waals surface area contributed by atoms with Crippen molar-refractivity contribution in [2.75, 3.05) is 13.1 Å². The van der Waals surface area contributed by atoms with Crippen LogP contribution in [0.4, 0.5) is 0 Å². The normalized spacial score (nSPS) is 32.0. The summed E-state index contributed by atoms with van der Waals surface area (Å²) in [6.45, 7) is 6.13. The molecule has 4 heterocycles. The van der Waals surface area contributed by atoms with Crippen LogP contribution < -0.4 is 4.98 Å². The number of hydrogen-bond donors (Lipinski definition) is 1. The SMILES string of the molecule is C=CC1CN2CCC1CC2C(O)c1cc[nH+]c2ccccc12. The molecule has 3 heteroatoms. The molecule has 114 valence electrons. The number of benzene rings is 1. The second-order valence-corrected chi connectivity index (χ2v) is 6.67. The van der Waals surface area contributed by atoms with Gasteiger partial charge < -0.3 is 5.11 Å². The Hall–Kier alpha value is -1.71. The van der Waals surface area contributed by atoms with Crippen molar-refractivity contribution >= 4 is 10.9 Å². The van der Waals surface area contributed by atoms with E-state index in [0.29, 0.717) is 11.8 Å². The molecule has 1 aromatic heterocycles. The summed E-state index contributed by atoms with van der Waals surface area (Å²) in [5, 5.41) is 12.2. The van der Waals surface area contributed by atoms with Crippen molar-refractivity contribution in [2.45, 2.75) is 25.0 Å². The Bertz CT molecular complexity index is 693. The molecule has 3 saturated heterocycles. The number of aromatic nitrogens is 1. The summed E-state index contributed by atoms with van der Waals surface area (Å²) in [5.74, 6) is 1.28. The molecule has 3 fully saturated rings. The maximum Gasteiger partial charge on any atom is 0.211 e. The molecular formula is C19H23N2O+. The summed E-state index contributed by atoms with van der Waals surface area (Å²) in [7, 11) is 0. The molecule has 0 radical (unpaired) electrons. The van der Waals surface area contributed by atoms with Crippen LogP contribution in [0.3, 0.4) is 0 Å². The van der Waals surface area contributed by atoms with Crippen molar-refractivity contribution in [3.05, 3.63) is 54.7 Å². The average Bonchev–Trinajstić information content (AvgIpc) is 2.60. The summed E-state index contributed by atoms with van der Waals surface area (Å²) in [6, 6.07) is 10.5. The van der Waals surface area contributed by atoms with E-state index in [-0.39, 0.29) is 6.04 Å². The number of hydrogen-bond acceptors (Lipinski definition) is 2. The van der Waals surface area contributed by atoms with Gasteiger partial charge in [-0.25, -0.2) is 4.98 Å². The zero-order valence-corrected chi connectivity index (χ0v) is 12.8. The number of rotatable bonds is 3. The maximum atomic E-state index is 11.0. The third-order valence-electron chi connectivity index (χ3n) is 5.58. The lowest BCUT2D eigenvalue weighted by molar-refractivity contribution is -0.344. The summed E-state index contributed by atoms with van der Waals surface area (Å²) in [6.07, 6.45) is 5.93. The van der Waals surface area contributed by atoms with Crippen LogP contribution in [-0.2, 0) is 0 Å². The second-order valence-electron chi connectivity index (χ2n) is 6.67. The first-order chi connectivity index (χ1) is 10.8. The maximum absolute atomic E-state index is 11.0. The highest BCUT2D eigenvalue weighted by Gasteiger charge is 2.42. The van der Waals surface area contributed by atoms with Crippen molar-refractivity contribution in [2.24, 2.45) is 11.8 Å².